The predicted molar refractivity (Wildman–Crippen MR) is 68.0 cm³/mol. The molecule has 2 rings (SSSR count). The summed E-state index contributed by atoms with van der Waals surface area (Å²) in [5.41, 5.74) is 3.56. The summed E-state index contributed by atoms with van der Waals surface area (Å²) in [4.78, 5) is 11.2. The van der Waals surface area contributed by atoms with E-state index in [9.17, 15) is 4.79 Å². The van der Waals surface area contributed by atoms with Gasteiger partial charge in [0.05, 0.1) is 0 Å². The molecule has 1 amide bonds. The molecule has 0 saturated heterocycles. The van der Waals surface area contributed by atoms with E-state index in [1.165, 1.54) is 11.1 Å². The molecule has 0 bridgehead atoms. The molecule has 1 heterocycles. The summed E-state index contributed by atoms with van der Waals surface area (Å²) in [6.45, 7) is 0.288. The highest BCUT2D eigenvalue weighted by molar-refractivity contribution is 5.93. The maximum Gasteiger partial charge on any atom is 0.224 e. The lowest BCUT2D eigenvalue weighted by molar-refractivity contribution is -0.116. The van der Waals surface area contributed by atoms with Gasteiger partial charge in [-0.3, -0.25) is 4.79 Å². The monoisotopic (exact) mass is 233 g/mol. The highest BCUT2D eigenvalue weighted by Gasteiger charge is 2.14. The molecule has 0 saturated carbocycles. The standard InChI is InChI=1S/C14H19NO2/c16-9-3-1-2-4-11-5-7-13-12(10-11)6-8-14(17)15-13/h5,7,10,16H,1-4,6,8-9H2,(H,15,17). The van der Waals surface area contributed by atoms with E-state index in [0.29, 0.717) is 6.42 Å². The second-order valence-electron chi connectivity index (χ2n) is 4.57. The summed E-state index contributed by atoms with van der Waals surface area (Å²) < 4.78 is 0. The van der Waals surface area contributed by atoms with Crippen molar-refractivity contribution in [1.29, 1.82) is 0 Å². The molecule has 3 heteroatoms. The van der Waals surface area contributed by atoms with Crippen LogP contribution < -0.4 is 5.32 Å². The molecule has 17 heavy (non-hydrogen) atoms. The van der Waals surface area contributed by atoms with E-state index < -0.39 is 0 Å². The Morgan fingerprint density at radius 1 is 1.18 bits per heavy atom. The molecule has 0 aliphatic carbocycles. The Balaban J connectivity index is 1.94. The smallest absolute Gasteiger partial charge is 0.224 e. The minimum absolute atomic E-state index is 0.119. The number of aliphatic hydroxyl groups excluding tert-OH is 1. The minimum Gasteiger partial charge on any atom is -0.396 e. The van der Waals surface area contributed by atoms with Gasteiger partial charge in [-0.2, -0.15) is 0 Å². The van der Waals surface area contributed by atoms with Crippen molar-refractivity contribution in [2.75, 3.05) is 11.9 Å². The van der Waals surface area contributed by atoms with Crippen molar-refractivity contribution in [3.8, 4) is 0 Å². The van der Waals surface area contributed by atoms with Crippen LogP contribution in [0.25, 0.3) is 0 Å². The molecule has 3 nitrogen and oxygen atoms in total. The van der Waals surface area contributed by atoms with Crippen molar-refractivity contribution >= 4 is 11.6 Å². The van der Waals surface area contributed by atoms with Gasteiger partial charge in [0, 0.05) is 18.7 Å². The Hall–Kier alpha value is -1.35. The number of amides is 1. The molecular weight excluding hydrogens is 214 g/mol. The minimum atomic E-state index is 0.119. The highest BCUT2D eigenvalue weighted by Crippen LogP contribution is 2.24. The summed E-state index contributed by atoms with van der Waals surface area (Å²) in [7, 11) is 0. The van der Waals surface area contributed by atoms with Crippen molar-refractivity contribution in [2.45, 2.75) is 38.5 Å². The lowest BCUT2D eigenvalue weighted by Crippen LogP contribution is -2.18. The molecule has 0 atom stereocenters. The summed E-state index contributed by atoms with van der Waals surface area (Å²) in [6, 6.07) is 6.30. The van der Waals surface area contributed by atoms with E-state index in [0.717, 1.165) is 37.8 Å². The van der Waals surface area contributed by atoms with Crippen molar-refractivity contribution in [3.63, 3.8) is 0 Å². The van der Waals surface area contributed by atoms with Crippen LogP contribution in [0, 0.1) is 0 Å². The molecule has 1 aliphatic heterocycles. The number of anilines is 1. The molecule has 2 N–H and O–H groups in total. The quantitative estimate of drug-likeness (QED) is 0.766. The fraction of sp³-hybridized carbons (Fsp3) is 0.500. The van der Waals surface area contributed by atoms with Crippen LogP contribution in [0.3, 0.4) is 0 Å². The van der Waals surface area contributed by atoms with Gasteiger partial charge in [0.25, 0.3) is 0 Å². The van der Waals surface area contributed by atoms with Gasteiger partial charge in [-0.25, -0.2) is 0 Å². The number of aryl methyl sites for hydroxylation is 2. The largest absolute Gasteiger partial charge is 0.396 e. The number of benzene rings is 1. The molecule has 92 valence electrons. The molecule has 1 aliphatic rings. The Labute approximate surface area is 102 Å². The zero-order valence-electron chi connectivity index (χ0n) is 10.0. The predicted octanol–water partition coefficient (Wildman–Crippen LogP) is 2.28. The second-order valence-corrected chi connectivity index (χ2v) is 4.57. The first kappa shape index (κ1) is 12.1. The molecular formula is C14H19NO2. The number of nitrogens with one attached hydrogen (secondary N) is 1. The molecule has 0 aromatic heterocycles. The fourth-order valence-electron chi connectivity index (χ4n) is 2.21. The number of aliphatic hydroxyl groups is 1. The molecule has 0 unspecified atom stereocenters. The van der Waals surface area contributed by atoms with Crippen LogP contribution in [-0.2, 0) is 17.6 Å². The van der Waals surface area contributed by atoms with E-state index in [2.05, 4.69) is 17.4 Å². The third-order valence-corrected chi connectivity index (χ3v) is 3.19. The lowest BCUT2D eigenvalue weighted by Gasteiger charge is -2.17. The van der Waals surface area contributed by atoms with Crippen molar-refractivity contribution in [3.05, 3.63) is 29.3 Å². The summed E-state index contributed by atoms with van der Waals surface area (Å²) in [6.07, 6.45) is 5.59. The van der Waals surface area contributed by atoms with Gasteiger partial charge in [0.1, 0.15) is 0 Å². The third kappa shape index (κ3) is 3.30. The zero-order chi connectivity index (χ0) is 12.1. The van der Waals surface area contributed by atoms with Crippen molar-refractivity contribution in [1.82, 2.24) is 0 Å². The fourth-order valence-corrected chi connectivity index (χ4v) is 2.21. The van der Waals surface area contributed by atoms with Crippen LogP contribution in [-0.4, -0.2) is 17.6 Å². The van der Waals surface area contributed by atoms with Gasteiger partial charge in [-0.05, 0) is 42.9 Å². The normalized spacial score (nSPS) is 14.3. The number of hydrogen-bond acceptors (Lipinski definition) is 2. The van der Waals surface area contributed by atoms with Crippen LogP contribution in [0.2, 0.25) is 0 Å². The van der Waals surface area contributed by atoms with Crippen LogP contribution in [0.15, 0.2) is 18.2 Å². The van der Waals surface area contributed by atoms with Crippen molar-refractivity contribution < 1.29 is 9.90 Å². The van der Waals surface area contributed by atoms with Crippen LogP contribution in [0.1, 0.15) is 36.8 Å². The number of carbonyl (C=O) groups excluding carboxylic acids is 1. The number of fused-ring (bicyclic) bond motifs is 1. The first-order valence-corrected chi connectivity index (χ1v) is 6.32. The Morgan fingerprint density at radius 3 is 2.88 bits per heavy atom. The van der Waals surface area contributed by atoms with Crippen molar-refractivity contribution in [2.24, 2.45) is 0 Å². The Morgan fingerprint density at radius 2 is 2.06 bits per heavy atom. The van der Waals surface area contributed by atoms with E-state index in [4.69, 9.17) is 5.11 Å². The maximum absolute atomic E-state index is 11.2. The van der Waals surface area contributed by atoms with Crippen LogP contribution >= 0.6 is 0 Å². The first-order chi connectivity index (χ1) is 8.29. The Kier molecular flexibility index (Phi) is 4.15. The zero-order valence-corrected chi connectivity index (χ0v) is 10.0. The molecule has 0 fully saturated rings. The third-order valence-electron chi connectivity index (χ3n) is 3.19. The summed E-state index contributed by atoms with van der Waals surface area (Å²) in [5.74, 6) is 0.119. The molecule has 0 spiro atoms. The van der Waals surface area contributed by atoms with Gasteiger partial charge >= 0.3 is 0 Å². The van der Waals surface area contributed by atoms with Gasteiger partial charge in [-0.15, -0.1) is 0 Å². The van der Waals surface area contributed by atoms with Gasteiger partial charge in [0.2, 0.25) is 5.91 Å². The van der Waals surface area contributed by atoms with E-state index in [-0.39, 0.29) is 12.5 Å². The average Bonchev–Trinajstić information content (AvgIpc) is 2.35. The van der Waals surface area contributed by atoms with E-state index in [1.807, 2.05) is 6.07 Å². The van der Waals surface area contributed by atoms with Gasteiger partial charge < -0.3 is 10.4 Å². The summed E-state index contributed by atoms with van der Waals surface area (Å²) >= 11 is 0. The van der Waals surface area contributed by atoms with Crippen LogP contribution in [0.4, 0.5) is 5.69 Å². The highest BCUT2D eigenvalue weighted by atomic mass is 16.2. The number of carbonyl (C=O) groups is 1. The van der Waals surface area contributed by atoms with E-state index in [1.54, 1.807) is 0 Å². The maximum atomic E-state index is 11.2. The molecule has 0 radical (unpaired) electrons. The average molecular weight is 233 g/mol. The van der Waals surface area contributed by atoms with Gasteiger partial charge in [-0.1, -0.05) is 18.6 Å². The topological polar surface area (TPSA) is 49.3 Å². The number of hydrogen-bond donors (Lipinski definition) is 2. The molecule has 1 aromatic rings. The number of unbranched alkanes of at least 4 members (excludes halogenated alkanes) is 2. The SMILES string of the molecule is O=C1CCc2cc(CCCCCO)ccc2N1. The lowest BCUT2D eigenvalue weighted by atomic mass is 9.98. The molecule has 1 aromatic carbocycles. The first-order valence-electron chi connectivity index (χ1n) is 6.32. The second kappa shape index (κ2) is 5.82. The van der Waals surface area contributed by atoms with E-state index >= 15 is 0 Å². The Bertz CT molecular complexity index is 401. The summed E-state index contributed by atoms with van der Waals surface area (Å²) in [5, 5.41) is 11.6. The number of rotatable bonds is 5. The van der Waals surface area contributed by atoms with Gasteiger partial charge in [0.15, 0.2) is 0 Å². The van der Waals surface area contributed by atoms with Crippen LogP contribution in [0.5, 0.6) is 0 Å².